The average Bonchev–Trinajstić information content (AvgIpc) is 2.78. The second-order valence-corrected chi connectivity index (χ2v) is 8.46. The lowest BCUT2D eigenvalue weighted by Crippen LogP contribution is -2.51. The number of nitro benzene ring substituents is 1. The van der Waals surface area contributed by atoms with Gasteiger partial charge in [-0.25, -0.2) is 9.59 Å². The number of carbonyl (C=O) groups is 3. The third kappa shape index (κ3) is 8.62. The molecule has 34 heavy (non-hydrogen) atoms. The van der Waals surface area contributed by atoms with E-state index in [9.17, 15) is 24.5 Å². The number of rotatable bonds is 10. The van der Waals surface area contributed by atoms with Crippen molar-refractivity contribution in [3.63, 3.8) is 0 Å². The number of benzene rings is 2. The van der Waals surface area contributed by atoms with E-state index in [-0.39, 0.29) is 17.9 Å². The summed E-state index contributed by atoms with van der Waals surface area (Å²) >= 11 is 0. The van der Waals surface area contributed by atoms with Gasteiger partial charge >= 0.3 is 12.1 Å². The minimum Gasteiger partial charge on any atom is -0.456 e. The molecule has 2 aromatic rings. The molecule has 2 rings (SSSR count). The number of nitrogens with zero attached hydrogens (tertiary/aromatic N) is 1. The Kier molecular flexibility index (Phi) is 9.26. The maximum atomic E-state index is 12.8. The van der Waals surface area contributed by atoms with Crippen LogP contribution in [0.2, 0.25) is 0 Å². The summed E-state index contributed by atoms with van der Waals surface area (Å²) in [5, 5.41) is 13.4. The fraction of sp³-hybridized carbons (Fsp3) is 0.375. The van der Waals surface area contributed by atoms with Crippen molar-refractivity contribution in [3.8, 4) is 0 Å². The zero-order chi connectivity index (χ0) is 25.3. The number of nitrogens with one attached hydrogen (secondary N) is 1. The number of amides is 1. The SMILES string of the molecule is C[C@H](OCc1ccccc1)[C@H](NC(=O)OC(C)(C)C)C(=O)OCC(=O)c1cccc([N+](=O)[O-])c1. The third-order valence-electron chi connectivity index (χ3n) is 4.48. The van der Waals surface area contributed by atoms with Gasteiger partial charge in [-0.05, 0) is 33.3 Å². The van der Waals surface area contributed by atoms with Crippen molar-refractivity contribution < 1.29 is 33.5 Å². The molecule has 0 saturated carbocycles. The van der Waals surface area contributed by atoms with Crippen LogP contribution in [0.15, 0.2) is 54.6 Å². The number of hydrogen-bond acceptors (Lipinski definition) is 8. The molecular weight excluding hydrogens is 444 g/mol. The lowest BCUT2D eigenvalue weighted by atomic mass is 10.1. The number of alkyl carbamates (subject to hydrolysis) is 1. The molecule has 0 aliphatic carbocycles. The standard InChI is InChI=1S/C24H28N2O8/c1-16(32-14-17-9-6-5-7-10-17)21(25-23(29)34-24(2,3)4)22(28)33-15-20(27)18-11-8-12-19(13-18)26(30)31/h5-13,16,21H,14-15H2,1-4H3,(H,25,29)/t16-,21-/m0/s1. The van der Waals surface area contributed by atoms with Gasteiger partial charge in [0.05, 0.1) is 17.6 Å². The number of nitro groups is 1. The van der Waals surface area contributed by atoms with Crippen LogP contribution < -0.4 is 5.32 Å². The van der Waals surface area contributed by atoms with Crippen LogP contribution in [0.25, 0.3) is 0 Å². The second-order valence-electron chi connectivity index (χ2n) is 8.46. The van der Waals surface area contributed by atoms with E-state index in [4.69, 9.17) is 14.2 Å². The summed E-state index contributed by atoms with van der Waals surface area (Å²) in [6.07, 6.45) is -1.68. The van der Waals surface area contributed by atoms with Gasteiger partial charge in [-0.2, -0.15) is 0 Å². The highest BCUT2D eigenvalue weighted by Crippen LogP contribution is 2.15. The number of ketones is 1. The number of Topliss-reactive ketones (excluding diaryl/α,β-unsaturated/α-hetero) is 1. The number of hydrogen-bond donors (Lipinski definition) is 1. The molecule has 1 N–H and O–H groups in total. The molecule has 0 saturated heterocycles. The van der Waals surface area contributed by atoms with Crippen molar-refractivity contribution in [1.29, 1.82) is 0 Å². The highest BCUT2D eigenvalue weighted by molar-refractivity contribution is 5.98. The Labute approximate surface area is 197 Å². The van der Waals surface area contributed by atoms with E-state index >= 15 is 0 Å². The number of non-ortho nitro benzene ring substituents is 1. The highest BCUT2D eigenvalue weighted by atomic mass is 16.6. The molecule has 0 fully saturated rings. The van der Waals surface area contributed by atoms with Gasteiger partial charge in [-0.1, -0.05) is 42.5 Å². The maximum absolute atomic E-state index is 12.8. The molecule has 2 atom stereocenters. The van der Waals surface area contributed by atoms with Crippen molar-refractivity contribution >= 4 is 23.5 Å². The topological polar surface area (TPSA) is 134 Å². The van der Waals surface area contributed by atoms with Crippen LogP contribution in [-0.2, 0) is 25.6 Å². The predicted octanol–water partition coefficient (Wildman–Crippen LogP) is 3.82. The molecule has 1 amide bonds. The Balaban J connectivity index is 2.07. The van der Waals surface area contributed by atoms with Crippen LogP contribution in [0.5, 0.6) is 0 Å². The largest absolute Gasteiger partial charge is 0.456 e. The minimum atomic E-state index is -1.27. The van der Waals surface area contributed by atoms with Gasteiger partial charge in [0, 0.05) is 17.7 Å². The van der Waals surface area contributed by atoms with E-state index in [1.54, 1.807) is 27.7 Å². The van der Waals surface area contributed by atoms with Gasteiger partial charge < -0.3 is 19.5 Å². The first-order valence-corrected chi connectivity index (χ1v) is 10.6. The van der Waals surface area contributed by atoms with E-state index in [0.717, 1.165) is 11.6 Å². The second kappa shape index (κ2) is 11.9. The van der Waals surface area contributed by atoms with E-state index in [0.29, 0.717) is 0 Å². The van der Waals surface area contributed by atoms with Crippen LogP contribution in [0.1, 0.15) is 43.6 Å². The molecule has 2 aromatic carbocycles. The maximum Gasteiger partial charge on any atom is 0.408 e. The number of ether oxygens (including phenoxy) is 3. The smallest absolute Gasteiger partial charge is 0.408 e. The molecule has 0 spiro atoms. The molecular formula is C24H28N2O8. The van der Waals surface area contributed by atoms with Crippen LogP contribution in [0, 0.1) is 10.1 Å². The quantitative estimate of drug-likeness (QED) is 0.239. The zero-order valence-corrected chi connectivity index (χ0v) is 19.5. The summed E-state index contributed by atoms with van der Waals surface area (Å²) in [6.45, 7) is 6.10. The molecule has 0 radical (unpaired) electrons. The first-order valence-electron chi connectivity index (χ1n) is 10.6. The van der Waals surface area contributed by atoms with Gasteiger partial charge in [0.1, 0.15) is 5.60 Å². The summed E-state index contributed by atoms with van der Waals surface area (Å²) < 4.78 is 16.1. The van der Waals surface area contributed by atoms with Crippen LogP contribution in [0.3, 0.4) is 0 Å². The summed E-state index contributed by atoms with van der Waals surface area (Å²) in [5.74, 6) is -1.55. The van der Waals surface area contributed by atoms with Crippen molar-refractivity contribution in [3.05, 3.63) is 75.8 Å². The predicted molar refractivity (Wildman–Crippen MR) is 122 cm³/mol. The van der Waals surface area contributed by atoms with E-state index in [2.05, 4.69) is 5.32 Å². The third-order valence-corrected chi connectivity index (χ3v) is 4.48. The lowest BCUT2D eigenvalue weighted by molar-refractivity contribution is -0.384. The van der Waals surface area contributed by atoms with Crippen molar-refractivity contribution in [2.45, 2.75) is 52.0 Å². The Morgan fingerprint density at radius 2 is 1.74 bits per heavy atom. The first kappa shape index (κ1) is 26.5. The Bertz CT molecular complexity index is 1020. The summed E-state index contributed by atoms with van der Waals surface area (Å²) in [6, 6.07) is 13.0. The summed E-state index contributed by atoms with van der Waals surface area (Å²) in [4.78, 5) is 47.7. The average molecular weight is 472 g/mol. The fourth-order valence-electron chi connectivity index (χ4n) is 2.80. The monoisotopic (exact) mass is 472 g/mol. The molecule has 10 heteroatoms. The van der Waals surface area contributed by atoms with Crippen LogP contribution >= 0.6 is 0 Å². The first-order chi connectivity index (χ1) is 16.0. The molecule has 0 heterocycles. The van der Waals surface area contributed by atoms with Gasteiger partial charge in [0.2, 0.25) is 5.78 Å². The van der Waals surface area contributed by atoms with Gasteiger partial charge in [0.15, 0.2) is 12.6 Å². The highest BCUT2D eigenvalue weighted by Gasteiger charge is 2.31. The Morgan fingerprint density at radius 3 is 2.35 bits per heavy atom. The summed E-state index contributed by atoms with van der Waals surface area (Å²) in [7, 11) is 0. The minimum absolute atomic E-state index is 0.0204. The molecule has 0 unspecified atom stereocenters. The summed E-state index contributed by atoms with van der Waals surface area (Å²) in [5.41, 5.74) is -0.179. The molecule has 182 valence electrons. The van der Waals surface area contributed by atoms with Crippen LogP contribution in [-0.4, -0.2) is 47.1 Å². The molecule has 0 bridgehead atoms. The molecule has 0 aliphatic heterocycles. The van der Waals surface area contributed by atoms with Gasteiger partial charge in [-0.15, -0.1) is 0 Å². The van der Waals surface area contributed by atoms with Gasteiger partial charge in [-0.3, -0.25) is 14.9 Å². The van der Waals surface area contributed by atoms with E-state index < -0.39 is 47.1 Å². The molecule has 0 aromatic heterocycles. The van der Waals surface area contributed by atoms with Crippen LogP contribution in [0.4, 0.5) is 10.5 Å². The normalized spacial score (nSPS) is 12.8. The Hall–Kier alpha value is -3.79. The van der Waals surface area contributed by atoms with Crippen molar-refractivity contribution in [2.75, 3.05) is 6.61 Å². The fourth-order valence-corrected chi connectivity index (χ4v) is 2.80. The number of esters is 1. The zero-order valence-electron chi connectivity index (χ0n) is 19.5. The molecule has 0 aliphatic rings. The van der Waals surface area contributed by atoms with E-state index in [1.165, 1.54) is 18.2 Å². The van der Waals surface area contributed by atoms with Gasteiger partial charge in [0.25, 0.3) is 5.69 Å². The Morgan fingerprint density at radius 1 is 1.06 bits per heavy atom. The lowest BCUT2D eigenvalue weighted by Gasteiger charge is -2.26. The van der Waals surface area contributed by atoms with Crippen molar-refractivity contribution in [2.24, 2.45) is 0 Å². The van der Waals surface area contributed by atoms with E-state index in [1.807, 2.05) is 30.3 Å². The number of carbonyl (C=O) groups excluding carboxylic acids is 3. The molecule has 10 nitrogen and oxygen atoms in total. The van der Waals surface area contributed by atoms with Crippen molar-refractivity contribution in [1.82, 2.24) is 5.32 Å².